The second kappa shape index (κ2) is 4.09. The molecule has 70 valence electrons. The fraction of sp³-hybridized carbons (Fsp3) is 0.125. The molecule has 0 saturated heterocycles. The molecule has 0 aliphatic carbocycles. The van der Waals surface area contributed by atoms with Crippen molar-refractivity contribution in [1.29, 1.82) is 0 Å². The first kappa shape index (κ1) is 9.80. The lowest BCUT2D eigenvalue weighted by atomic mass is 10.3. The zero-order chi connectivity index (χ0) is 9.84. The van der Waals surface area contributed by atoms with Crippen LogP contribution >= 0.6 is 11.6 Å². The van der Waals surface area contributed by atoms with Crippen LogP contribution in [0.25, 0.3) is 0 Å². The Labute approximate surface area is 79.1 Å². The van der Waals surface area contributed by atoms with E-state index in [0.29, 0.717) is 0 Å². The standard InChI is InChI=1S/C8H7ClFNO2/c9-4-8(13)11-7-2-1-5(12)3-6(7)10/h1-3,12H,4H2,(H,11,13). The largest absolute Gasteiger partial charge is 0.508 e. The van der Waals surface area contributed by atoms with E-state index in [4.69, 9.17) is 16.7 Å². The van der Waals surface area contributed by atoms with Gasteiger partial charge in [0.25, 0.3) is 0 Å². The molecule has 1 aromatic carbocycles. The predicted octanol–water partition coefficient (Wildman–Crippen LogP) is 1.71. The Morgan fingerprint density at radius 2 is 2.31 bits per heavy atom. The van der Waals surface area contributed by atoms with Crippen molar-refractivity contribution >= 4 is 23.2 Å². The summed E-state index contributed by atoms with van der Waals surface area (Å²) in [6.45, 7) is 0. The van der Waals surface area contributed by atoms with E-state index in [1.807, 2.05) is 0 Å². The zero-order valence-electron chi connectivity index (χ0n) is 6.55. The number of hydrogen-bond donors (Lipinski definition) is 2. The van der Waals surface area contributed by atoms with Gasteiger partial charge in [0.05, 0.1) is 5.69 Å². The van der Waals surface area contributed by atoms with Crippen molar-refractivity contribution in [3.05, 3.63) is 24.0 Å². The van der Waals surface area contributed by atoms with Crippen LogP contribution < -0.4 is 5.32 Å². The van der Waals surface area contributed by atoms with Gasteiger partial charge in [-0.1, -0.05) is 0 Å². The molecule has 0 atom stereocenters. The molecule has 0 unspecified atom stereocenters. The summed E-state index contributed by atoms with van der Waals surface area (Å²) in [7, 11) is 0. The average molecular weight is 204 g/mol. The molecule has 0 aromatic heterocycles. The van der Waals surface area contributed by atoms with Crippen molar-refractivity contribution in [2.24, 2.45) is 0 Å². The maximum atomic E-state index is 12.9. The number of halogens is 2. The Morgan fingerprint density at radius 1 is 1.62 bits per heavy atom. The number of anilines is 1. The predicted molar refractivity (Wildman–Crippen MR) is 47.4 cm³/mol. The van der Waals surface area contributed by atoms with E-state index in [2.05, 4.69) is 5.32 Å². The number of alkyl halides is 1. The number of benzene rings is 1. The summed E-state index contributed by atoms with van der Waals surface area (Å²) in [5.41, 5.74) is 0.00319. The van der Waals surface area contributed by atoms with Crippen LogP contribution in [-0.4, -0.2) is 16.9 Å². The lowest BCUT2D eigenvalue weighted by Gasteiger charge is -2.03. The maximum absolute atomic E-state index is 12.9. The second-order valence-corrected chi connectivity index (χ2v) is 2.61. The van der Waals surface area contributed by atoms with Crippen molar-refractivity contribution in [2.75, 3.05) is 11.2 Å². The number of aromatic hydroxyl groups is 1. The SMILES string of the molecule is O=C(CCl)Nc1ccc(O)cc1F. The molecule has 5 heteroatoms. The van der Waals surface area contributed by atoms with E-state index in [1.54, 1.807) is 0 Å². The van der Waals surface area contributed by atoms with Crippen molar-refractivity contribution in [3.8, 4) is 5.75 Å². The molecule has 0 radical (unpaired) electrons. The highest BCUT2D eigenvalue weighted by atomic mass is 35.5. The fourth-order valence-corrected chi connectivity index (χ4v) is 0.856. The molecule has 1 aromatic rings. The molecule has 0 fully saturated rings. The van der Waals surface area contributed by atoms with Crippen LogP contribution in [0.4, 0.5) is 10.1 Å². The Balaban J connectivity index is 2.83. The van der Waals surface area contributed by atoms with Crippen LogP contribution in [0, 0.1) is 5.82 Å². The quantitative estimate of drug-likeness (QED) is 0.568. The highest BCUT2D eigenvalue weighted by Crippen LogP contribution is 2.19. The van der Waals surface area contributed by atoms with Crippen molar-refractivity contribution in [1.82, 2.24) is 0 Å². The monoisotopic (exact) mass is 203 g/mol. The molecule has 0 aliphatic rings. The first-order chi connectivity index (χ1) is 6.13. The summed E-state index contributed by atoms with van der Waals surface area (Å²) in [6.07, 6.45) is 0. The maximum Gasteiger partial charge on any atom is 0.239 e. The Bertz CT molecular complexity index is 330. The molecule has 0 bridgehead atoms. The average Bonchev–Trinajstić information content (AvgIpc) is 2.09. The first-order valence-electron chi connectivity index (χ1n) is 3.48. The molecule has 2 N–H and O–H groups in total. The number of phenolic OH excluding ortho intramolecular Hbond substituents is 1. The summed E-state index contributed by atoms with van der Waals surface area (Å²) in [4.78, 5) is 10.7. The molecule has 0 spiro atoms. The first-order valence-corrected chi connectivity index (χ1v) is 4.01. The van der Waals surface area contributed by atoms with Gasteiger partial charge in [-0.05, 0) is 12.1 Å². The molecular formula is C8H7ClFNO2. The third-order valence-electron chi connectivity index (χ3n) is 1.35. The summed E-state index contributed by atoms with van der Waals surface area (Å²) in [5.74, 6) is -1.62. The molecular weight excluding hydrogens is 197 g/mol. The number of amides is 1. The summed E-state index contributed by atoms with van der Waals surface area (Å²) >= 11 is 5.20. The minimum Gasteiger partial charge on any atom is -0.508 e. The van der Waals surface area contributed by atoms with Crippen molar-refractivity contribution < 1.29 is 14.3 Å². The Morgan fingerprint density at radius 3 is 2.85 bits per heavy atom. The third-order valence-corrected chi connectivity index (χ3v) is 1.59. The van der Waals surface area contributed by atoms with Crippen LogP contribution in [0.2, 0.25) is 0 Å². The molecule has 3 nitrogen and oxygen atoms in total. The molecule has 13 heavy (non-hydrogen) atoms. The molecule has 0 saturated carbocycles. The number of phenols is 1. The molecule has 1 rings (SSSR count). The van der Waals surface area contributed by atoms with Gasteiger partial charge in [-0.2, -0.15) is 0 Å². The number of carbonyl (C=O) groups excluding carboxylic acids is 1. The van der Waals surface area contributed by atoms with E-state index < -0.39 is 11.7 Å². The Kier molecular flexibility index (Phi) is 3.08. The number of hydrogen-bond acceptors (Lipinski definition) is 2. The van der Waals surface area contributed by atoms with Crippen molar-refractivity contribution in [3.63, 3.8) is 0 Å². The highest BCUT2D eigenvalue weighted by Gasteiger charge is 2.05. The Hall–Kier alpha value is -1.29. The normalized spacial score (nSPS) is 9.69. The van der Waals surface area contributed by atoms with Gasteiger partial charge in [-0.3, -0.25) is 4.79 Å². The van der Waals surface area contributed by atoms with Gasteiger partial charge in [-0.25, -0.2) is 4.39 Å². The van der Waals surface area contributed by atoms with Crippen LogP contribution in [0.5, 0.6) is 5.75 Å². The van der Waals surface area contributed by atoms with Crippen LogP contribution in [0.1, 0.15) is 0 Å². The lowest BCUT2D eigenvalue weighted by Crippen LogP contribution is -2.13. The summed E-state index contributed by atoms with van der Waals surface area (Å²) in [6, 6.07) is 3.44. The summed E-state index contributed by atoms with van der Waals surface area (Å²) in [5, 5.41) is 11.1. The van der Waals surface area contributed by atoms with Crippen LogP contribution in [0.15, 0.2) is 18.2 Å². The van der Waals surface area contributed by atoms with Crippen LogP contribution in [0.3, 0.4) is 0 Å². The smallest absolute Gasteiger partial charge is 0.239 e. The molecule has 1 amide bonds. The zero-order valence-corrected chi connectivity index (χ0v) is 7.31. The highest BCUT2D eigenvalue weighted by molar-refractivity contribution is 6.29. The van der Waals surface area contributed by atoms with Gasteiger partial charge < -0.3 is 10.4 Å². The van der Waals surface area contributed by atoms with Gasteiger partial charge in [0.15, 0.2) is 0 Å². The lowest BCUT2D eigenvalue weighted by molar-refractivity contribution is -0.113. The van der Waals surface area contributed by atoms with E-state index in [-0.39, 0.29) is 17.3 Å². The van der Waals surface area contributed by atoms with E-state index in [9.17, 15) is 9.18 Å². The van der Waals surface area contributed by atoms with E-state index >= 15 is 0 Å². The van der Waals surface area contributed by atoms with Gasteiger partial charge in [-0.15, -0.1) is 11.6 Å². The van der Waals surface area contributed by atoms with Gasteiger partial charge in [0, 0.05) is 6.07 Å². The van der Waals surface area contributed by atoms with Crippen molar-refractivity contribution in [2.45, 2.75) is 0 Å². The minimum atomic E-state index is -0.696. The fourth-order valence-electron chi connectivity index (χ4n) is 0.789. The number of nitrogens with one attached hydrogen (secondary N) is 1. The van der Waals surface area contributed by atoms with E-state index in [1.165, 1.54) is 12.1 Å². The second-order valence-electron chi connectivity index (χ2n) is 2.35. The summed E-state index contributed by atoms with van der Waals surface area (Å²) < 4.78 is 12.9. The van der Waals surface area contributed by atoms with Gasteiger partial charge in [0.1, 0.15) is 17.4 Å². The number of carbonyl (C=O) groups is 1. The third kappa shape index (κ3) is 2.59. The number of rotatable bonds is 2. The van der Waals surface area contributed by atoms with Gasteiger partial charge in [0.2, 0.25) is 5.91 Å². The molecule has 0 heterocycles. The van der Waals surface area contributed by atoms with Crippen LogP contribution in [-0.2, 0) is 4.79 Å². The minimum absolute atomic E-state index is 0.00319. The topological polar surface area (TPSA) is 49.3 Å². The van der Waals surface area contributed by atoms with E-state index in [0.717, 1.165) is 6.07 Å². The molecule has 0 aliphatic heterocycles. The van der Waals surface area contributed by atoms with Gasteiger partial charge >= 0.3 is 0 Å².